The molecule has 3 heterocycles. The molecule has 3 aliphatic heterocycles. The molecule has 180 valence electrons. The number of benzene rings is 1. The largest absolute Gasteiger partial charge is 0.497 e. The summed E-state index contributed by atoms with van der Waals surface area (Å²) in [4.78, 5) is 7.35. The maximum atomic E-state index is 6.10. The zero-order valence-corrected chi connectivity index (χ0v) is 20.5. The molecule has 8 heteroatoms. The van der Waals surface area contributed by atoms with E-state index in [1.165, 1.54) is 5.71 Å². The van der Waals surface area contributed by atoms with Crippen LogP contribution in [-0.2, 0) is 9.47 Å². The van der Waals surface area contributed by atoms with E-state index in [-0.39, 0.29) is 24.3 Å². The highest BCUT2D eigenvalue weighted by Gasteiger charge is 2.44. The first-order chi connectivity index (χ1) is 16.1. The molecule has 5 rings (SSSR count). The zero-order chi connectivity index (χ0) is 22.8. The summed E-state index contributed by atoms with van der Waals surface area (Å²) < 4.78 is 17.4. The Balaban J connectivity index is 1.25. The number of rotatable bonds is 5. The van der Waals surface area contributed by atoms with Crippen molar-refractivity contribution >= 4 is 28.7 Å². The Labute approximate surface area is 202 Å². The molecular formula is C25H36N4O3S. The van der Waals surface area contributed by atoms with Gasteiger partial charge in [0.1, 0.15) is 5.75 Å². The zero-order valence-electron chi connectivity index (χ0n) is 19.7. The molecule has 1 aromatic carbocycles. The quantitative estimate of drug-likeness (QED) is 0.639. The predicted octanol–water partition coefficient (Wildman–Crippen LogP) is 3.07. The molecule has 0 radical (unpaired) electrons. The average molecular weight is 473 g/mol. The molecule has 3 fully saturated rings. The highest BCUT2D eigenvalue weighted by Crippen LogP contribution is 2.32. The van der Waals surface area contributed by atoms with Gasteiger partial charge < -0.3 is 29.7 Å². The first kappa shape index (κ1) is 23.0. The van der Waals surface area contributed by atoms with Crippen LogP contribution in [0.2, 0.25) is 0 Å². The summed E-state index contributed by atoms with van der Waals surface area (Å²) in [7, 11) is 3.68. The number of nitrogens with one attached hydrogen (secondary N) is 2. The van der Waals surface area contributed by atoms with Gasteiger partial charge in [0.2, 0.25) is 0 Å². The van der Waals surface area contributed by atoms with Crippen molar-refractivity contribution < 1.29 is 14.2 Å². The minimum atomic E-state index is 0.148. The minimum absolute atomic E-state index is 0.148. The summed E-state index contributed by atoms with van der Waals surface area (Å²) in [5.74, 6) is 0.842. The molecule has 1 saturated carbocycles. The Morgan fingerprint density at radius 3 is 2.48 bits per heavy atom. The average Bonchev–Trinajstić information content (AvgIpc) is 3.57. The van der Waals surface area contributed by atoms with Crippen LogP contribution in [0.15, 0.2) is 29.3 Å². The molecule has 1 aromatic rings. The number of nitrogens with zero attached hydrogens (tertiary/aromatic N) is 2. The van der Waals surface area contributed by atoms with Crippen LogP contribution in [0.25, 0.3) is 0 Å². The van der Waals surface area contributed by atoms with Gasteiger partial charge in [-0.2, -0.15) is 0 Å². The monoisotopic (exact) mass is 472 g/mol. The number of anilines is 1. The van der Waals surface area contributed by atoms with E-state index in [4.69, 9.17) is 31.4 Å². The summed E-state index contributed by atoms with van der Waals surface area (Å²) in [5.41, 5.74) is 2.31. The lowest BCUT2D eigenvalue weighted by atomic mass is 9.83. The summed E-state index contributed by atoms with van der Waals surface area (Å²) in [6.07, 6.45) is 7.99. The van der Waals surface area contributed by atoms with Gasteiger partial charge in [0.15, 0.2) is 5.11 Å². The Kier molecular flexibility index (Phi) is 7.16. The SMILES string of the molecule is COc1ccc(N(C)C(=S)NC2CCC3NC(C4CCCO4)C(C4CCCO4)N=C3C2)cc1. The molecule has 2 saturated heterocycles. The molecule has 6 unspecified atom stereocenters. The van der Waals surface area contributed by atoms with Crippen molar-refractivity contribution in [2.45, 2.75) is 81.3 Å². The molecule has 7 nitrogen and oxygen atoms in total. The van der Waals surface area contributed by atoms with Crippen molar-refractivity contribution in [3.05, 3.63) is 24.3 Å². The van der Waals surface area contributed by atoms with E-state index < -0.39 is 0 Å². The van der Waals surface area contributed by atoms with Gasteiger partial charge in [-0.15, -0.1) is 0 Å². The molecule has 0 amide bonds. The third-order valence-corrected chi connectivity index (χ3v) is 7.93. The van der Waals surface area contributed by atoms with Gasteiger partial charge in [0.25, 0.3) is 0 Å². The van der Waals surface area contributed by atoms with E-state index in [1.807, 2.05) is 36.2 Å². The van der Waals surface area contributed by atoms with Crippen LogP contribution in [0.1, 0.15) is 44.9 Å². The van der Waals surface area contributed by atoms with Crippen molar-refractivity contribution in [1.82, 2.24) is 10.6 Å². The van der Waals surface area contributed by atoms with Crippen LogP contribution >= 0.6 is 12.2 Å². The van der Waals surface area contributed by atoms with Gasteiger partial charge in [-0.3, -0.25) is 4.99 Å². The Hall–Kier alpha value is -1.74. The number of ether oxygens (including phenoxy) is 3. The number of aliphatic imine (C=N–C) groups is 1. The Morgan fingerprint density at radius 2 is 1.82 bits per heavy atom. The van der Waals surface area contributed by atoms with E-state index in [0.717, 1.165) is 74.7 Å². The number of fused-ring (bicyclic) bond motifs is 1. The number of thiocarbonyl (C=S) groups is 1. The smallest absolute Gasteiger partial charge is 0.173 e. The predicted molar refractivity (Wildman–Crippen MR) is 135 cm³/mol. The van der Waals surface area contributed by atoms with Gasteiger partial charge in [-0.25, -0.2) is 0 Å². The van der Waals surface area contributed by atoms with Crippen molar-refractivity contribution in [3.63, 3.8) is 0 Å². The lowest BCUT2D eigenvalue weighted by Gasteiger charge is -2.43. The molecule has 2 N–H and O–H groups in total. The third kappa shape index (κ3) is 5.04. The van der Waals surface area contributed by atoms with E-state index in [9.17, 15) is 0 Å². The number of hydrogen-bond acceptors (Lipinski definition) is 6. The molecule has 0 bridgehead atoms. The maximum Gasteiger partial charge on any atom is 0.173 e. The summed E-state index contributed by atoms with van der Waals surface area (Å²) in [5, 5.41) is 8.27. The third-order valence-electron chi connectivity index (χ3n) is 7.54. The van der Waals surface area contributed by atoms with Gasteiger partial charge in [0, 0.05) is 50.2 Å². The first-order valence-corrected chi connectivity index (χ1v) is 12.8. The number of methoxy groups -OCH3 is 1. The summed E-state index contributed by atoms with van der Waals surface area (Å²) >= 11 is 5.74. The van der Waals surface area contributed by atoms with Crippen LogP contribution in [0, 0.1) is 0 Å². The Morgan fingerprint density at radius 1 is 1.09 bits per heavy atom. The topological polar surface area (TPSA) is 67.4 Å². The van der Waals surface area contributed by atoms with Crippen molar-refractivity contribution in [3.8, 4) is 5.75 Å². The lowest BCUT2D eigenvalue weighted by molar-refractivity contribution is 0.0221. The molecule has 1 aliphatic carbocycles. The van der Waals surface area contributed by atoms with Crippen molar-refractivity contribution in [1.29, 1.82) is 0 Å². The second-order valence-electron chi connectivity index (χ2n) is 9.64. The van der Waals surface area contributed by atoms with Gasteiger partial charge in [0.05, 0.1) is 31.4 Å². The van der Waals surface area contributed by atoms with E-state index >= 15 is 0 Å². The molecule has 0 aromatic heterocycles. The molecule has 0 spiro atoms. The fourth-order valence-corrected chi connectivity index (χ4v) is 5.95. The van der Waals surface area contributed by atoms with Crippen LogP contribution in [-0.4, -0.2) is 74.6 Å². The minimum Gasteiger partial charge on any atom is -0.497 e. The normalized spacial score (nSPS) is 33.8. The summed E-state index contributed by atoms with van der Waals surface area (Å²) in [6, 6.07) is 9.00. The van der Waals surface area contributed by atoms with E-state index in [2.05, 4.69) is 10.6 Å². The maximum absolute atomic E-state index is 6.10. The molecular weight excluding hydrogens is 436 g/mol. The van der Waals surface area contributed by atoms with Crippen LogP contribution in [0.4, 0.5) is 5.69 Å². The fraction of sp³-hybridized carbons (Fsp3) is 0.680. The van der Waals surface area contributed by atoms with Gasteiger partial charge in [-0.05, 0) is 75.0 Å². The Bertz CT molecular complexity index is 852. The molecule has 6 atom stereocenters. The van der Waals surface area contributed by atoms with Crippen LogP contribution in [0.3, 0.4) is 0 Å². The van der Waals surface area contributed by atoms with Crippen molar-refractivity contribution in [2.75, 3.05) is 32.3 Å². The lowest BCUT2D eigenvalue weighted by Crippen LogP contribution is -2.62. The van der Waals surface area contributed by atoms with E-state index in [1.54, 1.807) is 7.11 Å². The fourth-order valence-electron chi connectivity index (χ4n) is 5.67. The standard InChI is InChI=1S/C25H36N4O3S/c1-29(17-8-10-18(30-2)11-9-17)25(33)26-16-7-12-19-20(15-16)28-24(22-6-4-14-32-22)23(27-19)21-5-3-13-31-21/h8-11,16,19,21-24,27H,3-7,12-15H2,1-2H3,(H,26,33). The number of hydrogen-bond donors (Lipinski definition) is 2. The van der Waals surface area contributed by atoms with Gasteiger partial charge in [-0.1, -0.05) is 0 Å². The van der Waals surface area contributed by atoms with Crippen LogP contribution < -0.4 is 20.3 Å². The van der Waals surface area contributed by atoms with Crippen molar-refractivity contribution in [2.24, 2.45) is 4.99 Å². The highest BCUT2D eigenvalue weighted by molar-refractivity contribution is 7.80. The second-order valence-corrected chi connectivity index (χ2v) is 10.0. The molecule has 4 aliphatic rings. The molecule has 33 heavy (non-hydrogen) atoms. The highest BCUT2D eigenvalue weighted by atomic mass is 32.1. The summed E-state index contributed by atoms with van der Waals surface area (Å²) in [6.45, 7) is 1.72. The first-order valence-electron chi connectivity index (χ1n) is 12.4. The van der Waals surface area contributed by atoms with Gasteiger partial charge >= 0.3 is 0 Å². The second kappa shape index (κ2) is 10.3. The van der Waals surface area contributed by atoms with Crippen LogP contribution in [0.5, 0.6) is 5.75 Å². The van der Waals surface area contributed by atoms with E-state index in [0.29, 0.717) is 12.1 Å².